The summed E-state index contributed by atoms with van der Waals surface area (Å²) in [5.74, 6) is 0. The number of rotatable bonds is 2. The highest BCUT2D eigenvalue weighted by Crippen LogP contribution is 2.09. The fraction of sp³-hybridized carbons (Fsp3) is 0.300. The SMILES string of the molecule is Cc1nc(Cn2cnc(C)c(I)c2=O)cs1. The number of aryl methyl sites for hydroxylation is 2. The minimum Gasteiger partial charge on any atom is -0.292 e. The molecule has 2 rings (SSSR count). The number of halogens is 1. The molecule has 0 saturated heterocycles. The Bertz CT molecular complexity index is 576. The molecule has 0 spiro atoms. The van der Waals surface area contributed by atoms with Gasteiger partial charge in [-0.05, 0) is 36.4 Å². The predicted molar refractivity (Wildman–Crippen MR) is 71.9 cm³/mol. The number of aromatic nitrogens is 3. The second-order valence-corrected chi connectivity index (χ2v) is 5.58. The van der Waals surface area contributed by atoms with Crippen LogP contribution in [0, 0.1) is 17.4 Å². The zero-order valence-electron chi connectivity index (χ0n) is 8.90. The highest BCUT2D eigenvalue weighted by Gasteiger charge is 2.06. The molecule has 0 radical (unpaired) electrons. The minimum atomic E-state index is -0.00115. The third-order valence-corrected chi connectivity index (χ3v) is 4.22. The fourth-order valence-electron chi connectivity index (χ4n) is 1.31. The van der Waals surface area contributed by atoms with Gasteiger partial charge in [0.1, 0.15) is 0 Å². The Morgan fingerprint density at radius 2 is 2.25 bits per heavy atom. The lowest BCUT2D eigenvalue weighted by molar-refractivity contribution is 0.710. The Morgan fingerprint density at radius 1 is 1.50 bits per heavy atom. The van der Waals surface area contributed by atoms with Crippen molar-refractivity contribution >= 4 is 33.9 Å². The maximum Gasteiger partial charge on any atom is 0.267 e. The molecular weight excluding hydrogens is 337 g/mol. The molecule has 16 heavy (non-hydrogen) atoms. The van der Waals surface area contributed by atoms with Gasteiger partial charge in [0.15, 0.2) is 0 Å². The molecule has 0 bridgehead atoms. The molecule has 0 saturated carbocycles. The zero-order valence-corrected chi connectivity index (χ0v) is 11.9. The normalized spacial score (nSPS) is 10.7. The van der Waals surface area contributed by atoms with Crippen LogP contribution in [0.2, 0.25) is 0 Å². The van der Waals surface area contributed by atoms with Crippen LogP contribution in [0.5, 0.6) is 0 Å². The molecule has 4 nitrogen and oxygen atoms in total. The van der Waals surface area contributed by atoms with Crippen LogP contribution in [0.1, 0.15) is 16.4 Å². The van der Waals surface area contributed by atoms with E-state index in [0.29, 0.717) is 10.1 Å². The van der Waals surface area contributed by atoms with Gasteiger partial charge in [-0.15, -0.1) is 11.3 Å². The second kappa shape index (κ2) is 4.62. The lowest BCUT2D eigenvalue weighted by Gasteiger charge is -2.04. The standard InChI is InChI=1S/C10H10IN3OS/c1-6-9(11)10(15)14(5-12-6)3-8-4-16-7(2)13-8/h4-5H,3H2,1-2H3. The van der Waals surface area contributed by atoms with Crippen LogP contribution in [-0.4, -0.2) is 14.5 Å². The summed E-state index contributed by atoms with van der Waals surface area (Å²) in [5.41, 5.74) is 1.68. The lowest BCUT2D eigenvalue weighted by Crippen LogP contribution is -2.24. The molecule has 2 heterocycles. The van der Waals surface area contributed by atoms with E-state index in [0.717, 1.165) is 16.4 Å². The van der Waals surface area contributed by atoms with Crippen molar-refractivity contribution in [3.63, 3.8) is 0 Å². The third kappa shape index (κ3) is 2.32. The summed E-state index contributed by atoms with van der Waals surface area (Å²) in [7, 11) is 0. The van der Waals surface area contributed by atoms with Gasteiger partial charge >= 0.3 is 0 Å². The largest absolute Gasteiger partial charge is 0.292 e. The van der Waals surface area contributed by atoms with Crippen LogP contribution >= 0.6 is 33.9 Å². The van der Waals surface area contributed by atoms with Crippen molar-refractivity contribution in [3.8, 4) is 0 Å². The molecule has 6 heteroatoms. The van der Waals surface area contributed by atoms with Gasteiger partial charge in [-0.3, -0.25) is 9.36 Å². The highest BCUT2D eigenvalue weighted by atomic mass is 127. The molecule has 0 aliphatic carbocycles. The van der Waals surface area contributed by atoms with Crippen LogP contribution in [-0.2, 0) is 6.54 Å². The van der Waals surface area contributed by atoms with E-state index in [1.165, 1.54) is 0 Å². The summed E-state index contributed by atoms with van der Waals surface area (Å²) in [5, 5.41) is 2.98. The summed E-state index contributed by atoms with van der Waals surface area (Å²) in [4.78, 5) is 20.4. The van der Waals surface area contributed by atoms with Crippen molar-refractivity contribution in [2.75, 3.05) is 0 Å². The van der Waals surface area contributed by atoms with Gasteiger partial charge in [0, 0.05) is 5.38 Å². The Kier molecular flexibility index (Phi) is 3.38. The topological polar surface area (TPSA) is 47.8 Å². The highest BCUT2D eigenvalue weighted by molar-refractivity contribution is 14.1. The monoisotopic (exact) mass is 347 g/mol. The van der Waals surface area contributed by atoms with Gasteiger partial charge in [-0.2, -0.15) is 0 Å². The molecule has 0 atom stereocenters. The molecule has 0 unspecified atom stereocenters. The number of nitrogens with zero attached hydrogens (tertiary/aromatic N) is 3. The van der Waals surface area contributed by atoms with E-state index < -0.39 is 0 Å². The van der Waals surface area contributed by atoms with Crippen molar-refractivity contribution < 1.29 is 0 Å². The van der Waals surface area contributed by atoms with E-state index in [1.54, 1.807) is 22.2 Å². The molecule has 2 aromatic rings. The van der Waals surface area contributed by atoms with Crippen molar-refractivity contribution in [3.05, 3.63) is 42.0 Å². The van der Waals surface area contributed by atoms with Crippen LogP contribution in [0.25, 0.3) is 0 Å². The predicted octanol–water partition coefficient (Wildman–Crippen LogP) is 1.97. The maximum absolute atomic E-state index is 11.9. The molecule has 0 amide bonds. The Hall–Kier alpha value is -0.760. The molecule has 84 valence electrons. The molecule has 0 aliphatic rings. The Labute approximate surface area is 111 Å². The van der Waals surface area contributed by atoms with Crippen LogP contribution < -0.4 is 5.56 Å². The molecule has 0 aromatic carbocycles. The lowest BCUT2D eigenvalue weighted by atomic mass is 10.4. The summed E-state index contributed by atoms with van der Waals surface area (Å²) < 4.78 is 2.26. The van der Waals surface area contributed by atoms with E-state index in [-0.39, 0.29) is 5.56 Å². The van der Waals surface area contributed by atoms with Crippen molar-refractivity contribution in [1.29, 1.82) is 0 Å². The molecule has 0 N–H and O–H groups in total. The van der Waals surface area contributed by atoms with E-state index in [1.807, 2.05) is 41.8 Å². The van der Waals surface area contributed by atoms with E-state index in [4.69, 9.17) is 0 Å². The summed E-state index contributed by atoms with van der Waals surface area (Å²) >= 11 is 3.62. The summed E-state index contributed by atoms with van der Waals surface area (Å²) in [6, 6.07) is 0. The van der Waals surface area contributed by atoms with Gasteiger partial charge in [-0.25, -0.2) is 9.97 Å². The quantitative estimate of drug-likeness (QED) is 0.781. The molecule has 0 fully saturated rings. The van der Waals surface area contributed by atoms with Crippen molar-refractivity contribution in [2.45, 2.75) is 20.4 Å². The van der Waals surface area contributed by atoms with Gasteiger partial charge < -0.3 is 0 Å². The summed E-state index contributed by atoms with van der Waals surface area (Å²) in [6.07, 6.45) is 1.58. The third-order valence-electron chi connectivity index (χ3n) is 2.16. The van der Waals surface area contributed by atoms with E-state index in [9.17, 15) is 4.79 Å². The Morgan fingerprint density at radius 3 is 2.88 bits per heavy atom. The average Bonchev–Trinajstić information content (AvgIpc) is 2.65. The minimum absolute atomic E-state index is 0.00115. The summed E-state index contributed by atoms with van der Waals surface area (Å²) in [6.45, 7) is 4.28. The second-order valence-electron chi connectivity index (χ2n) is 3.43. The number of hydrogen-bond acceptors (Lipinski definition) is 4. The van der Waals surface area contributed by atoms with Gasteiger partial charge in [-0.1, -0.05) is 0 Å². The van der Waals surface area contributed by atoms with Crippen molar-refractivity contribution in [1.82, 2.24) is 14.5 Å². The molecular formula is C10H10IN3OS. The fourth-order valence-corrected chi connectivity index (χ4v) is 2.37. The van der Waals surface area contributed by atoms with Gasteiger partial charge in [0.05, 0.1) is 32.8 Å². The van der Waals surface area contributed by atoms with E-state index in [2.05, 4.69) is 9.97 Å². The Balaban J connectivity index is 2.36. The van der Waals surface area contributed by atoms with Crippen LogP contribution in [0.15, 0.2) is 16.5 Å². The molecule has 0 aliphatic heterocycles. The molecule has 2 aromatic heterocycles. The van der Waals surface area contributed by atoms with E-state index >= 15 is 0 Å². The first-order valence-corrected chi connectivity index (χ1v) is 6.66. The average molecular weight is 347 g/mol. The van der Waals surface area contributed by atoms with Crippen LogP contribution in [0.3, 0.4) is 0 Å². The van der Waals surface area contributed by atoms with Gasteiger partial charge in [0.2, 0.25) is 0 Å². The smallest absolute Gasteiger partial charge is 0.267 e. The number of thiazole rings is 1. The first-order chi connectivity index (χ1) is 7.58. The number of hydrogen-bond donors (Lipinski definition) is 0. The van der Waals surface area contributed by atoms with Gasteiger partial charge in [0.25, 0.3) is 5.56 Å². The van der Waals surface area contributed by atoms with Crippen LogP contribution in [0.4, 0.5) is 0 Å². The zero-order chi connectivity index (χ0) is 11.7. The first kappa shape index (κ1) is 11.7. The van der Waals surface area contributed by atoms with Crippen molar-refractivity contribution in [2.24, 2.45) is 0 Å². The maximum atomic E-state index is 11.9. The first-order valence-electron chi connectivity index (χ1n) is 4.70.